The SMILES string of the molecule is CC1(C)[C@H]2CCC[C@H]2[C@]2(C(=O)O)CCC[C@]12C(=O)O. The van der Waals surface area contributed by atoms with Gasteiger partial charge < -0.3 is 10.2 Å². The predicted molar refractivity (Wildman–Crippen MR) is 68.6 cm³/mol. The van der Waals surface area contributed by atoms with Gasteiger partial charge in [-0.05, 0) is 42.9 Å². The van der Waals surface area contributed by atoms with Crippen molar-refractivity contribution in [3.8, 4) is 0 Å². The number of carboxylic acid groups (broad SMARTS) is 2. The van der Waals surface area contributed by atoms with Crippen LogP contribution in [0.4, 0.5) is 0 Å². The Kier molecular flexibility index (Phi) is 2.40. The standard InChI is InChI=1S/C15H22O4/c1-13(2)9-5-3-6-10(9)14(11(16)17)7-4-8-15(13,14)12(18)19/h9-10H,3-8H2,1-2H3,(H,16,17)(H,18,19)/t9-,10+,14-,15-/m0/s1. The fourth-order valence-electron chi connectivity index (χ4n) is 6.22. The Labute approximate surface area is 113 Å². The van der Waals surface area contributed by atoms with Crippen LogP contribution in [0.25, 0.3) is 0 Å². The van der Waals surface area contributed by atoms with Crippen LogP contribution in [0, 0.1) is 28.1 Å². The molecule has 3 aliphatic rings. The van der Waals surface area contributed by atoms with Gasteiger partial charge in [0.2, 0.25) is 0 Å². The molecule has 0 aromatic heterocycles. The summed E-state index contributed by atoms with van der Waals surface area (Å²) in [6.07, 6.45) is 4.71. The number of aliphatic carboxylic acids is 2. The fourth-order valence-corrected chi connectivity index (χ4v) is 6.22. The molecule has 0 bridgehead atoms. The molecule has 0 radical (unpaired) electrons. The number of carbonyl (C=O) groups is 2. The summed E-state index contributed by atoms with van der Waals surface area (Å²) in [6, 6.07) is 0. The Morgan fingerprint density at radius 1 is 0.947 bits per heavy atom. The van der Waals surface area contributed by atoms with Crippen molar-refractivity contribution in [2.45, 2.75) is 52.4 Å². The van der Waals surface area contributed by atoms with Crippen LogP contribution in [0.1, 0.15) is 52.4 Å². The van der Waals surface area contributed by atoms with Gasteiger partial charge in [0.1, 0.15) is 0 Å². The second-order valence-corrected chi connectivity index (χ2v) is 7.21. The van der Waals surface area contributed by atoms with E-state index in [1.54, 1.807) is 0 Å². The number of hydrogen-bond acceptors (Lipinski definition) is 2. The molecule has 0 amide bonds. The van der Waals surface area contributed by atoms with E-state index in [0.717, 1.165) is 25.7 Å². The molecule has 19 heavy (non-hydrogen) atoms. The Balaban J connectivity index is 2.28. The highest BCUT2D eigenvalue weighted by atomic mass is 16.4. The van der Waals surface area contributed by atoms with Crippen molar-refractivity contribution in [1.29, 1.82) is 0 Å². The highest BCUT2D eigenvalue weighted by Gasteiger charge is 2.80. The first kappa shape index (κ1) is 12.9. The number of hydrogen-bond donors (Lipinski definition) is 2. The normalized spacial score (nSPS) is 46.8. The fraction of sp³-hybridized carbons (Fsp3) is 0.867. The van der Waals surface area contributed by atoms with Crippen LogP contribution in [-0.4, -0.2) is 22.2 Å². The van der Waals surface area contributed by atoms with Crippen LogP contribution in [0.3, 0.4) is 0 Å². The van der Waals surface area contributed by atoms with Gasteiger partial charge in [0.25, 0.3) is 0 Å². The topological polar surface area (TPSA) is 74.6 Å². The van der Waals surface area contributed by atoms with Gasteiger partial charge in [-0.1, -0.05) is 26.7 Å². The van der Waals surface area contributed by atoms with Crippen LogP contribution in [-0.2, 0) is 9.59 Å². The van der Waals surface area contributed by atoms with Crippen molar-refractivity contribution in [3.05, 3.63) is 0 Å². The van der Waals surface area contributed by atoms with Crippen LogP contribution in [0.15, 0.2) is 0 Å². The van der Waals surface area contributed by atoms with E-state index in [4.69, 9.17) is 0 Å². The third-order valence-electron chi connectivity index (χ3n) is 6.81. The molecular formula is C15H22O4. The smallest absolute Gasteiger partial charge is 0.311 e. The number of rotatable bonds is 2. The van der Waals surface area contributed by atoms with E-state index >= 15 is 0 Å². The zero-order chi connectivity index (χ0) is 14.1. The Hall–Kier alpha value is -1.06. The quantitative estimate of drug-likeness (QED) is 0.806. The van der Waals surface area contributed by atoms with Gasteiger partial charge in [-0.2, -0.15) is 0 Å². The molecule has 0 heterocycles. The summed E-state index contributed by atoms with van der Waals surface area (Å²) < 4.78 is 0. The van der Waals surface area contributed by atoms with E-state index in [1.807, 2.05) is 13.8 Å². The largest absolute Gasteiger partial charge is 0.481 e. The maximum absolute atomic E-state index is 12.1. The molecule has 0 aliphatic heterocycles. The van der Waals surface area contributed by atoms with Crippen molar-refractivity contribution in [3.63, 3.8) is 0 Å². The third-order valence-corrected chi connectivity index (χ3v) is 6.81. The molecule has 3 saturated carbocycles. The summed E-state index contributed by atoms with van der Waals surface area (Å²) in [5.74, 6) is -1.44. The van der Waals surface area contributed by atoms with Crippen molar-refractivity contribution in [1.82, 2.24) is 0 Å². The van der Waals surface area contributed by atoms with E-state index in [2.05, 4.69) is 0 Å². The maximum atomic E-state index is 12.1. The number of fused-ring (bicyclic) bond motifs is 3. The predicted octanol–water partition coefficient (Wildman–Crippen LogP) is 2.77. The zero-order valence-corrected chi connectivity index (χ0v) is 11.6. The first-order valence-electron chi connectivity index (χ1n) is 7.29. The minimum atomic E-state index is -1.07. The molecule has 3 rings (SSSR count). The van der Waals surface area contributed by atoms with Gasteiger partial charge >= 0.3 is 11.9 Å². The average Bonchev–Trinajstić information content (AvgIpc) is 2.95. The van der Waals surface area contributed by atoms with Crippen molar-refractivity contribution >= 4 is 11.9 Å². The van der Waals surface area contributed by atoms with Gasteiger partial charge in [-0.15, -0.1) is 0 Å². The number of carboxylic acids is 2. The van der Waals surface area contributed by atoms with E-state index in [-0.39, 0.29) is 11.8 Å². The van der Waals surface area contributed by atoms with E-state index in [0.29, 0.717) is 12.8 Å². The summed E-state index contributed by atoms with van der Waals surface area (Å²) >= 11 is 0. The minimum Gasteiger partial charge on any atom is -0.481 e. The highest BCUT2D eigenvalue weighted by Crippen LogP contribution is 2.77. The van der Waals surface area contributed by atoms with Gasteiger partial charge in [0.15, 0.2) is 0 Å². The van der Waals surface area contributed by atoms with Crippen LogP contribution < -0.4 is 0 Å². The Morgan fingerprint density at radius 3 is 2.16 bits per heavy atom. The molecular weight excluding hydrogens is 244 g/mol. The lowest BCUT2D eigenvalue weighted by Gasteiger charge is -2.44. The second kappa shape index (κ2) is 3.53. The molecule has 2 N–H and O–H groups in total. The molecule has 0 spiro atoms. The lowest BCUT2D eigenvalue weighted by molar-refractivity contribution is -0.178. The first-order valence-corrected chi connectivity index (χ1v) is 7.29. The lowest BCUT2D eigenvalue weighted by atomic mass is 9.56. The van der Waals surface area contributed by atoms with Gasteiger partial charge in [-0.3, -0.25) is 9.59 Å². The average molecular weight is 266 g/mol. The molecule has 0 saturated heterocycles. The van der Waals surface area contributed by atoms with E-state index < -0.39 is 28.2 Å². The van der Waals surface area contributed by atoms with E-state index in [9.17, 15) is 19.8 Å². The zero-order valence-electron chi connectivity index (χ0n) is 11.6. The first-order chi connectivity index (χ1) is 8.82. The second-order valence-electron chi connectivity index (χ2n) is 7.21. The molecule has 4 heteroatoms. The summed E-state index contributed by atoms with van der Waals surface area (Å²) in [5.41, 5.74) is -2.51. The molecule has 3 fully saturated rings. The molecule has 4 atom stereocenters. The molecule has 4 nitrogen and oxygen atoms in total. The monoisotopic (exact) mass is 266 g/mol. The summed E-state index contributed by atoms with van der Waals surface area (Å²) in [4.78, 5) is 24.2. The summed E-state index contributed by atoms with van der Waals surface area (Å²) in [5, 5.41) is 19.8. The maximum Gasteiger partial charge on any atom is 0.311 e. The van der Waals surface area contributed by atoms with E-state index in [1.165, 1.54) is 0 Å². The third kappa shape index (κ3) is 1.09. The van der Waals surface area contributed by atoms with Gasteiger partial charge in [-0.25, -0.2) is 0 Å². The van der Waals surface area contributed by atoms with Crippen LogP contribution in [0.2, 0.25) is 0 Å². The summed E-state index contributed by atoms with van der Waals surface area (Å²) in [6.45, 7) is 4.00. The molecule has 0 aromatic rings. The Bertz CT molecular complexity index is 455. The van der Waals surface area contributed by atoms with Crippen LogP contribution in [0.5, 0.6) is 0 Å². The lowest BCUT2D eigenvalue weighted by Crippen LogP contribution is -2.53. The van der Waals surface area contributed by atoms with Crippen molar-refractivity contribution < 1.29 is 19.8 Å². The Morgan fingerprint density at radius 2 is 1.58 bits per heavy atom. The molecule has 106 valence electrons. The minimum absolute atomic E-state index is 0.0543. The highest BCUT2D eigenvalue weighted by molar-refractivity contribution is 5.90. The summed E-state index contributed by atoms with van der Waals surface area (Å²) in [7, 11) is 0. The molecule has 0 aromatic carbocycles. The van der Waals surface area contributed by atoms with Crippen molar-refractivity contribution in [2.75, 3.05) is 0 Å². The van der Waals surface area contributed by atoms with Gasteiger partial charge in [0.05, 0.1) is 10.8 Å². The molecule has 3 aliphatic carbocycles. The van der Waals surface area contributed by atoms with Crippen molar-refractivity contribution in [2.24, 2.45) is 28.1 Å². The molecule has 0 unspecified atom stereocenters. The van der Waals surface area contributed by atoms with Crippen LogP contribution >= 0.6 is 0 Å². The van der Waals surface area contributed by atoms with Gasteiger partial charge in [0, 0.05) is 0 Å².